The lowest BCUT2D eigenvalue weighted by molar-refractivity contribution is -0.110. The number of nitrogens with one attached hydrogen (secondary N) is 1. The lowest BCUT2D eigenvalue weighted by Crippen LogP contribution is -2.27. The molecule has 1 N–H and O–H groups in total. The first kappa shape index (κ1) is 21.9. The molecule has 22 heavy (non-hydrogen) atoms. The van der Waals surface area contributed by atoms with Gasteiger partial charge in [-0.15, -0.1) is 23.2 Å². The third kappa shape index (κ3) is 16.3. The van der Waals surface area contributed by atoms with Gasteiger partial charge in [0.2, 0.25) is 6.41 Å². The highest BCUT2D eigenvalue weighted by Gasteiger charge is 2.06. The molecule has 0 aliphatic heterocycles. The minimum Gasteiger partial charge on any atom is -0.356 e. The molecule has 0 fully saturated rings. The van der Waals surface area contributed by atoms with Crippen LogP contribution in [0.3, 0.4) is 0 Å². The van der Waals surface area contributed by atoms with Crippen molar-refractivity contribution in [3.8, 4) is 11.8 Å². The van der Waals surface area contributed by atoms with Gasteiger partial charge in [-0.3, -0.25) is 4.79 Å². The number of alkyl halides is 2. The van der Waals surface area contributed by atoms with Crippen molar-refractivity contribution in [1.29, 1.82) is 0 Å². The van der Waals surface area contributed by atoms with Crippen LogP contribution in [0, 0.1) is 11.8 Å². The van der Waals surface area contributed by atoms with E-state index in [1.807, 2.05) is 0 Å². The number of carbonyl (C=O) groups is 1. The summed E-state index contributed by atoms with van der Waals surface area (Å²) in [6.45, 7) is 0. The molecule has 0 spiro atoms. The summed E-state index contributed by atoms with van der Waals surface area (Å²) in [6.07, 6.45) is 11.1. The van der Waals surface area contributed by atoms with E-state index in [4.69, 9.17) is 46.4 Å². The predicted molar refractivity (Wildman–Crippen MR) is 97.6 cm³/mol. The third-order valence-corrected chi connectivity index (χ3v) is 3.82. The number of amides is 1. The molecule has 0 saturated heterocycles. The predicted octanol–water partition coefficient (Wildman–Crippen LogP) is 5.74. The number of hydrogen-bond acceptors (Lipinski definition) is 1. The summed E-state index contributed by atoms with van der Waals surface area (Å²) in [5, 5.41) is 2.88. The topological polar surface area (TPSA) is 29.1 Å². The summed E-state index contributed by atoms with van der Waals surface area (Å²) in [5.41, 5.74) is 0. The first-order chi connectivity index (χ1) is 10.6. The van der Waals surface area contributed by atoms with Crippen LogP contribution in [0.25, 0.3) is 0 Å². The fraction of sp³-hybridized carbons (Fsp3) is 0.688. The fourth-order valence-corrected chi connectivity index (χ4v) is 2.48. The van der Waals surface area contributed by atoms with Gasteiger partial charge in [0.1, 0.15) is 9.33 Å². The average molecular weight is 387 g/mol. The van der Waals surface area contributed by atoms with E-state index in [0.717, 1.165) is 64.2 Å². The third-order valence-electron chi connectivity index (χ3n) is 3.17. The molecule has 1 amide bonds. The number of rotatable bonds is 12. The number of hydrogen-bond donors (Lipinski definition) is 1. The van der Waals surface area contributed by atoms with Crippen LogP contribution in [-0.2, 0) is 4.79 Å². The molecule has 1 unspecified atom stereocenters. The largest absolute Gasteiger partial charge is 0.356 e. The fourth-order valence-electron chi connectivity index (χ4n) is 2.06. The molecule has 0 saturated carbocycles. The number of carbonyl (C=O) groups excluding carboxylic acids is 1. The molecule has 6 heteroatoms. The van der Waals surface area contributed by atoms with Crippen molar-refractivity contribution in [1.82, 2.24) is 5.32 Å². The summed E-state index contributed by atoms with van der Waals surface area (Å²) in [7, 11) is 0. The number of halogens is 4. The van der Waals surface area contributed by atoms with Crippen molar-refractivity contribution in [2.45, 2.75) is 68.7 Å². The highest BCUT2D eigenvalue weighted by molar-refractivity contribution is 6.56. The Morgan fingerprint density at radius 3 is 2.23 bits per heavy atom. The number of allylic oxidation sites excluding steroid dienone is 1. The zero-order chi connectivity index (χ0) is 16.6. The van der Waals surface area contributed by atoms with Crippen LogP contribution in [0.15, 0.2) is 10.6 Å². The van der Waals surface area contributed by atoms with Crippen LogP contribution >= 0.6 is 46.4 Å². The lowest BCUT2D eigenvalue weighted by Gasteiger charge is -2.15. The molecule has 0 bridgehead atoms. The molecule has 126 valence electrons. The monoisotopic (exact) mass is 385 g/mol. The molecule has 0 aromatic carbocycles. The van der Waals surface area contributed by atoms with Crippen LogP contribution < -0.4 is 5.32 Å². The Bertz CT molecular complexity index is 370. The maximum atomic E-state index is 10.6. The van der Waals surface area contributed by atoms with Crippen LogP contribution in [0.1, 0.15) is 57.8 Å². The molecule has 0 heterocycles. The van der Waals surface area contributed by atoms with Crippen molar-refractivity contribution in [3.05, 3.63) is 10.6 Å². The molecule has 0 radical (unpaired) electrons. The maximum Gasteiger partial charge on any atom is 0.207 e. The Morgan fingerprint density at radius 2 is 1.64 bits per heavy atom. The van der Waals surface area contributed by atoms with Gasteiger partial charge in [-0.2, -0.15) is 0 Å². The van der Waals surface area contributed by atoms with E-state index in [0.29, 0.717) is 0 Å². The smallest absolute Gasteiger partial charge is 0.207 e. The molecule has 0 aliphatic carbocycles. The maximum absolute atomic E-state index is 10.6. The van der Waals surface area contributed by atoms with Crippen LogP contribution in [0.4, 0.5) is 0 Å². The summed E-state index contributed by atoms with van der Waals surface area (Å²) in [4.78, 5) is 10.4. The van der Waals surface area contributed by atoms with E-state index in [1.165, 1.54) is 6.08 Å². The summed E-state index contributed by atoms with van der Waals surface area (Å²) in [6, 6.07) is 0.222. The summed E-state index contributed by atoms with van der Waals surface area (Å²) >= 11 is 22.3. The first-order valence-electron chi connectivity index (χ1n) is 7.53. The summed E-state index contributed by atoms with van der Waals surface area (Å²) < 4.78 is 0.169. The van der Waals surface area contributed by atoms with Crippen LogP contribution in [-0.4, -0.2) is 17.3 Å². The molecule has 0 aromatic rings. The van der Waals surface area contributed by atoms with Crippen LogP contribution in [0.5, 0.6) is 0 Å². The molecule has 1 atom stereocenters. The Balaban J connectivity index is 3.74. The second kappa shape index (κ2) is 15.8. The molecule has 0 aliphatic rings. The van der Waals surface area contributed by atoms with Crippen LogP contribution in [0.2, 0.25) is 0 Å². The summed E-state index contributed by atoms with van der Waals surface area (Å²) in [5.74, 6) is 5.75. The Morgan fingerprint density at radius 1 is 1.00 bits per heavy atom. The Kier molecular flexibility index (Phi) is 15.8. The lowest BCUT2D eigenvalue weighted by atomic mass is 10.0. The highest BCUT2D eigenvalue weighted by Crippen LogP contribution is 2.15. The molecular formula is C16H23Cl4NO. The van der Waals surface area contributed by atoms with Crippen molar-refractivity contribution >= 4 is 52.8 Å². The van der Waals surface area contributed by atoms with Gasteiger partial charge in [0.15, 0.2) is 0 Å². The van der Waals surface area contributed by atoms with Gasteiger partial charge in [-0.25, -0.2) is 0 Å². The standard InChI is InChI=1S/C16H23Cl4NO/c17-15(18)11-7-3-1-5-9-14(21-13-22)10-6-2-4-8-12-16(19)20/h12-15H,1-3,5-7,9-11H2,(H,21,22). The minimum atomic E-state index is -0.255. The van der Waals surface area contributed by atoms with E-state index in [9.17, 15) is 4.79 Å². The van der Waals surface area contributed by atoms with Gasteiger partial charge in [0.25, 0.3) is 0 Å². The first-order valence-corrected chi connectivity index (χ1v) is 9.16. The van der Waals surface area contributed by atoms with Gasteiger partial charge in [-0.05, 0) is 25.7 Å². The molecule has 2 nitrogen and oxygen atoms in total. The zero-order valence-corrected chi connectivity index (χ0v) is 15.6. The number of unbranched alkanes of at least 4 members (excludes halogenated alkanes) is 4. The normalized spacial score (nSPS) is 11.5. The van der Waals surface area contributed by atoms with Gasteiger partial charge in [-0.1, -0.05) is 60.7 Å². The van der Waals surface area contributed by atoms with Crippen molar-refractivity contribution in [2.24, 2.45) is 0 Å². The highest BCUT2D eigenvalue weighted by atomic mass is 35.5. The van der Waals surface area contributed by atoms with Gasteiger partial charge in [0, 0.05) is 18.5 Å². The molecule has 0 rings (SSSR count). The Labute approximate surface area is 153 Å². The van der Waals surface area contributed by atoms with E-state index in [1.54, 1.807) is 0 Å². The molecule has 0 aromatic heterocycles. The van der Waals surface area contributed by atoms with Crippen molar-refractivity contribution in [3.63, 3.8) is 0 Å². The molecular weight excluding hydrogens is 364 g/mol. The van der Waals surface area contributed by atoms with Crippen molar-refractivity contribution < 1.29 is 4.79 Å². The van der Waals surface area contributed by atoms with Gasteiger partial charge < -0.3 is 5.32 Å². The average Bonchev–Trinajstić information content (AvgIpc) is 2.45. The van der Waals surface area contributed by atoms with E-state index in [2.05, 4.69) is 17.2 Å². The Hall–Kier alpha value is -0.0700. The van der Waals surface area contributed by atoms with Crippen molar-refractivity contribution in [2.75, 3.05) is 0 Å². The minimum absolute atomic E-state index is 0.169. The van der Waals surface area contributed by atoms with Gasteiger partial charge >= 0.3 is 0 Å². The van der Waals surface area contributed by atoms with E-state index >= 15 is 0 Å². The zero-order valence-electron chi connectivity index (χ0n) is 12.6. The van der Waals surface area contributed by atoms with Gasteiger partial charge in [0.05, 0.1) is 0 Å². The van der Waals surface area contributed by atoms with E-state index in [-0.39, 0.29) is 15.4 Å². The quantitative estimate of drug-likeness (QED) is 0.197. The van der Waals surface area contributed by atoms with E-state index < -0.39 is 0 Å². The second-order valence-electron chi connectivity index (χ2n) is 5.01. The SMILES string of the molecule is O=CNC(CCCC#CC=C(Cl)Cl)CCCCCCC(Cl)Cl. The second-order valence-corrected chi connectivity index (χ2v) is 7.30.